The van der Waals surface area contributed by atoms with Crippen LogP contribution < -0.4 is 5.32 Å². The molecule has 94 valence electrons. The summed E-state index contributed by atoms with van der Waals surface area (Å²) in [4.78, 5) is 23.1. The van der Waals surface area contributed by atoms with Crippen LogP contribution in [0.3, 0.4) is 0 Å². The van der Waals surface area contributed by atoms with Crippen LogP contribution >= 0.6 is 0 Å². The van der Waals surface area contributed by atoms with E-state index in [1.807, 2.05) is 0 Å². The molecule has 1 heterocycles. The number of amides is 2. The van der Waals surface area contributed by atoms with Crippen LogP contribution in [0.5, 0.6) is 0 Å². The molecule has 2 amide bonds. The second-order valence-electron chi connectivity index (χ2n) is 5.80. The lowest BCUT2D eigenvalue weighted by Gasteiger charge is -2.33. The van der Waals surface area contributed by atoms with Gasteiger partial charge < -0.3 is 0 Å². The van der Waals surface area contributed by atoms with E-state index in [2.05, 4.69) is 26.1 Å². The number of carbonyl (C=O) groups excluding carboxylic acids is 2. The summed E-state index contributed by atoms with van der Waals surface area (Å²) in [7, 11) is 0. The van der Waals surface area contributed by atoms with Crippen LogP contribution in [0, 0.1) is 17.8 Å². The van der Waals surface area contributed by atoms with Crippen molar-refractivity contribution in [3.8, 4) is 0 Å². The Bertz CT molecular complexity index is 382. The lowest BCUT2D eigenvalue weighted by atomic mass is 9.72. The fourth-order valence-electron chi connectivity index (χ4n) is 3.10. The first-order valence-electron chi connectivity index (χ1n) is 6.55. The van der Waals surface area contributed by atoms with Crippen molar-refractivity contribution >= 4 is 11.8 Å². The first-order valence-corrected chi connectivity index (χ1v) is 6.55. The molecule has 1 aliphatic heterocycles. The molecule has 2 fully saturated rings. The highest BCUT2D eigenvalue weighted by Crippen LogP contribution is 2.40. The molecule has 2 unspecified atom stereocenters. The van der Waals surface area contributed by atoms with Gasteiger partial charge >= 0.3 is 0 Å². The van der Waals surface area contributed by atoms with Crippen molar-refractivity contribution in [3.63, 3.8) is 0 Å². The molecular weight excluding hydrogens is 214 g/mol. The van der Waals surface area contributed by atoms with Crippen molar-refractivity contribution < 1.29 is 9.59 Å². The average Bonchev–Trinajstić information content (AvgIpc) is 2.57. The number of allylic oxidation sites excluding steroid dienone is 1. The Morgan fingerprint density at radius 2 is 1.94 bits per heavy atom. The van der Waals surface area contributed by atoms with Crippen LogP contribution in [0.4, 0.5) is 0 Å². The number of hydrogen-bond donors (Lipinski definition) is 1. The quantitative estimate of drug-likeness (QED) is 0.560. The van der Waals surface area contributed by atoms with Crippen molar-refractivity contribution in [3.05, 3.63) is 11.1 Å². The van der Waals surface area contributed by atoms with Crippen molar-refractivity contribution in [1.29, 1.82) is 0 Å². The summed E-state index contributed by atoms with van der Waals surface area (Å²) >= 11 is 0. The Morgan fingerprint density at radius 1 is 1.24 bits per heavy atom. The third-order valence-corrected chi connectivity index (χ3v) is 4.04. The summed E-state index contributed by atoms with van der Waals surface area (Å²) in [6.45, 7) is 6.64. The van der Waals surface area contributed by atoms with Gasteiger partial charge in [-0.05, 0) is 37.0 Å². The number of imide groups is 1. The lowest BCUT2D eigenvalue weighted by Crippen LogP contribution is -2.24. The third-order valence-electron chi connectivity index (χ3n) is 4.04. The molecule has 0 aromatic carbocycles. The van der Waals surface area contributed by atoms with E-state index >= 15 is 0 Å². The van der Waals surface area contributed by atoms with E-state index in [0.717, 1.165) is 18.4 Å². The fourth-order valence-corrected chi connectivity index (χ4v) is 3.10. The van der Waals surface area contributed by atoms with Gasteiger partial charge in [0, 0.05) is 5.57 Å². The molecule has 0 spiro atoms. The molecule has 2 rings (SSSR count). The first-order chi connectivity index (χ1) is 7.99. The smallest absolute Gasteiger partial charge is 0.254 e. The molecule has 0 aromatic rings. The average molecular weight is 235 g/mol. The molecule has 2 atom stereocenters. The highest BCUT2D eigenvalue weighted by Gasteiger charge is 2.34. The van der Waals surface area contributed by atoms with Gasteiger partial charge in [0.1, 0.15) is 0 Å². The van der Waals surface area contributed by atoms with E-state index in [9.17, 15) is 9.59 Å². The number of hydrogen-bond acceptors (Lipinski definition) is 2. The van der Waals surface area contributed by atoms with Crippen LogP contribution in [-0.2, 0) is 9.59 Å². The van der Waals surface area contributed by atoms with Gasteiger partial charge in [-0.1, -0.05) is 26.3 Å². The largest absolute Gasteiger partial charge is 0.292 e. The van der Waals surface area contributed by atoms with Crippen LogP contribution in [0.15, 0.2) is 11.1 Å². The maximum Gasteiger partial charge on any atom is 0.254 e. The number of nitrogens with one attached hydrogen (secondary N) is 1. The van der Waals surface area contributed by atoms with Gasteiger partial charge in [-0.25, -0.2) is 0 Å². The molecule has 0 aromatic heterocycles. The Labute approximate surface area is 103 Å². The van der Waals surface area contributed by atoms with Gasteiger partial charge in [-0.3, -0.25) is 14.9 Å². The van der Waals surface area contributed by atoms with Crippen molar-refractivity contribution in [1.82, 2.24) is 5.32 Å². The van der Waals surface area contributed by atoms with Crippen LogP contribution in [0.2, 0.25) is 0 Å². The Kier molecular flexibility index (Phi) is 3.36. The minimum Gasteiger partial charge on any atom is -0.292 e. The molecule has 0 bridgehead atoms. The van der Waals surface area contributed by atoms with Crippen molar-refractivity contribution in [2.75, 3.05) is 0 Å². The second kappa shape index (κ2) is 4.63. The topological polar surface area (TPSA) is 46.2 Å². The molecule has 1 aliphatic carbocycles. The highest BCUT2D eigenvalue weighted by atomic mass is 16.2. The molecular formula is C14H21NO2. The first kappa shape index (κ1) is 12.3. The van der Waals surface area contributed by atoms with E-state index in [-0.39, 0.29) is 11.8 Å². The van der Waals surface area contributed by atoms with Gasteiger partial charge in [-0.2, -0.15) is 0 Å². The standard InChI is InChI=1S/C14H21NO2/c1-8(2)10-5-4-9(3)6-11(10)12-7-13(16)15-14(12)17/h8-10H,4-7H2,1-3H3,(H,15,16,17). The number of carbonyl (C=O) groups is 2. The van der Waals surface area contributed by atoms with E-state index in [1.54, 1.807) is 0 Å². The molecule has 1 saturated heterocycles. The summed E-state index contributed by atoms with van der Waals surface area (Å²) in [6, 6.07) is 0. The molecule has 0 radical (unpaired) electrons. The Hall–Kier alpha value is -1.12. The Morgan fingerprint density at radius 3 is 2.47 bits per heavy atom. The molecule has 17 heavy (non-hydrogen) atoms. The SMILES string of the molecule is CC1CCC(C(C)C)C(=C2CC(=O)NC2=O)C1. The summed E-state index contributed by atoms with van der Waals surface area (Å²) in [5, 5.41) is 2.40. The van der Waals surface area contributed by atoms with Gasteiger partial charge in [0.15, 0.2) is 0 Å². The zero-order valence-corrected chi connectivity index (χ0v) is 10.9. The highest BCUT2D eigenvalue weighted by molar-refractivity contribution is 6.13. The van der Waals surface area contributed by atoms with Crippen LogP contribution in [0.1, 0.15) is 46.5 Å². The van der Waals surface area contributed by atoms with E-state index in [0.29, 0.717) is 24.2 Å². The maximum absolute atomic E-state index is 11.8. The maximum atomic E-state index is 11.8. The predicted octanol–water partition coefficient (Wildman–Crippen LogP) is 2.42. The summed E-state index contributed by atoms with van der Waals surface area (Å²) in [5.74, 6) is 1.38. The molecule has 1 N–H and O–H groups in total. The van der Waals surface area contributed by atoms with Crippen molar-refractivity contribution in [2.45, 2.75) is 46.5 Å². The van der Waals surface area contributed by atoms with Crippen LogP contribution in [-0.4, -0.2) is 11.8 Å². The minimum atomic E-state index is -0.148. The number of rotatable bonds is 1. The summed E-state index contributed by atoms with van der Waals surface area (Å²) in [5.41, 5.74) is 2.02. The monoisotopic (exact) mass is 235 g/mol. The van der Waals surface area contributed by atoms with E-state index in [1.165, 1.54) is 12.0 Å². The van der Waals surface area contributed by atoms with Gasteiger partial charge in [0.2, 0.25) is 5.91 Å². The van der Waals surface area contributed by atoms with Crippen LogP contribution in [0.25, 0.3) is 0 Å². The van der Waals surface area contributed by atoms with Gasteiger partial charge in [-0.15, -0.1) is 0 Å². The molecule has 1 saturated carbocycles. The van der Waals surface area contributed by atoms with Crippen molar-refractivity contribution in [2.24, 2.45) is 17.8 Å². The van der Waals surface area contributed by atoms with Gasteiger partial charge in [0.05, 0.1) is 6.42 Å². The zero-order valence-electron chi connectivity index (χ0n) is 10.9. The summed E-state index contributed by atoms with van der Waals surface area (Å²) < 4.78 is 0. The lowest BCUT2D eigenvalue weighted by molar-refractivity contribution is -0.124. The molecule has 2 aliphatic rings. The fraction of sp³-hybridized carbons (Fsp3) is 0.714. The predicted molar refractivity (Wildman–Crippen MR) is 66.1 cm³/mol. The Balaban J connectivity index is 2.34. The third kappa shape index (κ3) is 2.43. The molecule has 3 heteroatoms. The van der Waals surface area contributed by atoms with Gasteiger partial charge in [0.25, 0.3) is 5.91 Å². The second-order valence-corrected chi connectivity index (χ2v) is 5.80. The normalized spacial score (nSPS) is 34.4. The van der Waals surface area contributed by atoms with E-state index in [4.69, 9.17) is 0 Å². The minimum absolute atomic E-state index is 0.141. The summed E-state index contributed by atoms with van der Waals surface area (Å²) in [6.07, 6.45) is 3.66. The zero-order chi connectivity index (χ0) is 12.6. The molecule has 3 nitrogen and oxygen atoms in total. The van der Waals surface area contributed by atoms with E-state index < -0.39 is 0 Å².